The zero-order chi connectivity index (χ0) is 22.5. The number of hydrogen-bond acceptors (Lipinski definition) is 2. The molecule has 3 aromatic carbocycles. The highest BCUT2D eigenvalue weighted by Gasteiger charge is 2.23. The van der Waals surface area contributed by atoms with E-state index in [1.54, 1.807) is 7.11 Å². The molecule has 4 rings (SSSR count). The van der Waals surface area contributed by atoms with Gasteiger partial charge in [-0.05, 0) is 47.7 Å². The topological polar surface area (TPSA) is 54.1 Å². The Balaban J connectivity index is 1.68. The molecule has 0 unspecified atom stereocenters. The van der Waals surface area contributed by atoms with Crippen molar-refractivity contribution in [3.63, 3.8) is 0 Å². The monoisotopic (exact) mass is 426 g/mol. The average molecular weight is 427 g/mol. The Bertz CT molecular complexity index is 1200. The molecule has 4 nitrogen and oxygen atoms in total. The number of fused-ring (bicyclic) bond motifs is 1. The number of aromatic amines is 1. The van der Waals surface area contributed by atoms with E-state index in [0.29, 0.717) is 6.42 Å². The van der Waals surface area contributed by atoms with Gasteiger partial charge in [0.1, 0.15) is 5.75 Å². The van der Waals surface area contributed by atoms with Gasteiger partial charge in [0.15, 0.2) is 0 Å². The van der Waals surface area contributed by atoms with Gasteiger partial charge in [-0.1, -0.05) is 67.6 Å². The van der Waals surface area contributed by atoms with Crippen LogP contribution >= 0.6 is 0 Å². The third-order valence-corrected chi connectivity index (χ3v) is 6.15. The lowest BCUT2D eigenvalue weighted by molar-refractivity contribution is -0.121. The van der Waals surface area contributed by atoms with Crippen LogP contribution in [0.4, 0.5) is 0 Å². The van der Waals surface area contributed by atoms with Crippen LogP contribution in [0, 0.1) is 0 Å². The lowest BCUT2D eigenvalue weighted by Gasteiger charge is -2.20. The van der Waals surface area contributed by atoms with Crippen molar-refractivity contribution in [3.8, 4) is 5.75 Å². The summed E-state index contributed by atoms with van der Waals surface area (Å²) in [4.78, 5) is 16.6. The minimum Gasteiger partial charge on any atom is -0.497 e. The Morgan fingerprint density at radius 3 is 2.50 bits per heavy atom. The molecule has 0 aliphatic heterocycles. The second kappa shape index (κ2) is 9.73. The van der Waals surface area contributed by atoms with Crippen LogP contribution in [0.2, 0.25) is 0 Å². The predicted molar refractivity (Wildman–Crippen MR) is 130 cm³/mol. The fraction of sp³-hybridized carbons (Fsp3) is 0.250. The number of hydrogen-bond donors (Lipinski definition) is 2. The molecule has 0 radical (unpaired) electrons. The summed E-state index contributed by atoms with van der Waals surface area (Å²) in [6, 6.07) is 24.4. The molecule has 0 aliphatic carbocycles. The Morgan fingerprint density at radius 1 is 1.00 bits per heavy atom. The standard InChI is InChI=1S/C28H30N2O2/c1-4-20-12-9-15-24-26(18-29-28(20)24)25(22-13-8-14-23(16-22)32-3)17-27(31)30-19(2)21-10-6-5-7-11-21/h5-16,18-19,25,29H,4,17H2,1-3H3,(H,30,31)/t19-,25+/m1/s1. The quantitative estimate of drug-likeness (QED) is 0.356. The van der Waals surface area contributed by atoms with Crippen molar-refractivity contribution in [3.05, 3.63) is 101 Å². The van der Waals surface area contributed by atoms with Crippen LogP contribution in [0.3, 0.4) is 0 Å². The molecule has 2 N–H and O–H groups in total. The Kier molecular flexibility index (Phi) is 6.60. The van der Waals surface area contributed by atoms with E-state index in [4.69, 9.17) is 4.74 Å². The second-order valence-corrected chi connectivity index (χ2v) is 8.17. The van der Waals surface area contributed by atoms with E-state index in [-0.39, 0.29) is 17.9 Å². The summed E-state index contributed by atoms with van der Waals surface area (Å²) >= 11 is 0. The van der Waals surface area contributed by atoms with Crippen molar-refractivity contribution in [1.82, 2.24) is 10.3 Å². The van der Waals surface area contributed by atoms with E-state index in [2.05, 4.69) is 47.7 Å². The van der Waals surface area contributed by atoms with E-state index < -0.39 is 0 Å². The summed E-state index contributed by atoms with van der Waals surface area (Å²) in [6.07, 6.45) is 3.37. The molecule has 0 spiro atoms. The van der Waals surface area contributed by atoms with Crippen LogP contribution in [0.15, 0.2) is 79.0 Å². The lowest BCUT2D eigenvalue weighted by Crippen LogP contribution is -2.28. The van der Waals surface area contributed by atoms with Crippen molar-refractivity contribution in [1.29, 1.82) is 0 Å². The Morgan fingerprint density at radius 2 is 1.75 bits per heavy atom. The molecule has 0 saturated heterocycles. The highest BCUT2D eigenvalue weighted by atomic mass is 16.5. The van der Waals surface area contributed by atoms with Crippen molar-refractivity contribution in [2.45, 2.75) is 38.6 Å². The number of ether oxygens (including phenoxy) is 1. The molecular formula is C28H30N2O2. The first-order chi connectivity index (χ1) is 15.6. The molecule has 1 aromatic heterocycles. The number of amides is 1. The number of para-hydroxylation sites is 1. The van der Waals surface area contributed by atoms with Crippen LogP contribution in [0.5, 0.6) is 5.75 Å². The normalized spacial score (nSPS) is 13.0. The third kappa shape index (κ3) is 4.54. The van der Waals surface area contributed by atoms with Gasteiger partial charge in [0, 0.05) is 29.4 Å². The van der Waals surface area contributed by atoms with Crippen LogP contribution in [0.1, 0.15) is 54.5 Å². The maximum atomic E-state index is 13.2. The zero-order valence-corrected chi connectivity index (χ0v) is 18.9. The summed E-state index contributed by atoms with van der Waals surface area (Å²) in [5.41, 5.74) is 5.72. The highest BCUT2D eigenvalue weighted by molar-refractivity contribution is 5.88. The molecule has 0 fully saturated rings. The fourth-order valence-corrected chi connectivity index (χ4v) is 4.40. The Labute approximate surface area is 189 Å². The smallest absolute Gasteiger partial charge is 0.221 e. The molecule has 0 bridgehead atoms. The van der Waals surface area contributed by atoms with E-state index in [9.17, 15) is 4.79 Å². The third-order valence-electron chi connectivity index (χ3n) is 6.15. The first-order valence-electron chi connectivity index (χ1n) is 11.2. The molecule has 1 heterocycles. The Hall–Kier alpha value is -3.53. The maximum absolute atomic E-state index is 13.2. The summed E-state index contributed by atoms with van der Waals surface area (Å²) in [6.45, 7) is 4.18. The summed E-state index contributed by atoms with van der Waals surface area (Å²) in [5.74, 6) is 0.726. The number of aryl methyl sites for hydroxylation is 1. The van der Waals surface area contributed by atoms with Gasteiger partial charge in [0.05, 0.1) is 13.2 Å². The lowest BCUT2D eigenvalue weighted by atomic mass is 9.87. The SMILES string of the molecule is CCc1cccc2c([C@@H](CC(=O)N[C@H](C)c3ccccc3)c3cccc(OC)c3)c[nH]c12. The zero-order valence-electron chi connectivity index (χ0n) is 18.9. The van der Waals surface area contributed by atoms with Gasteiger partial charge in [-0.3, -0.25) is 4.79 Å². The maximum Gasteiger partial charge on any atom is 0.221 e. The minimum atomic E-state index is -0.0890. The van der Waals surface area contributed by atoms with Crippen molar-refractivity contribution >= 4 is 16.8 Å². The van der Waals surface area contributed by atoms with Crippen LogP contribution in [-0.4, -0.2) is 18.0 Å². The molecule has 2 atom stereocenters. The van der Waals surface area contributed by atoms with E-state index in [0.717, 1.165) is 34.4 Å². The fourth-order valence-electron chi connectivity index (χ4n) is 4.40. The predicted octanol–water partition coefficient (Wildman–Crippen LogP) is 6.14. The number of aromatic nitrogens is 1. The van der Waals surface area contributed by atoms with Crippen molar-refractivity contribution in [2.75, 3.05) is 7.11 Å². The van der Waals surface area contributed by atoms with E-state index in [1.165, 1.54) is 10.9 Å². The summed E-state index contributed by atoms with van der Waals surface area (Å²) < 4.78 is 5.47. The van der Waals surface area contributed by atoms with Gasteiger partial charge >= 0.3 is 0 Å². The van der Waals surface area contributed by atoms with Crippen LogP contribution < -0.4 is 10.1 Å². The molecule has 4 aromatic rings. The number of carbonyl (C=O) groups excluding carboxylic acids is 1. The van der Waals surface area contributed by atoms with Crippen LogP contribution in [0.25, 0.3) is 10.9 Å². The molecule has 32 heavy (non-hydrogen) atoms. The molecule has 0 saturated carbocycles. The second-order valence-electron chi connectivity index (χ2n) is 8.17. The van der Waals surface area contributed by atoms with E-state index >= 15 is 0 Å². The molecule has 1 amide bonds. The van der Waals surface area contributed by atoms with Gasteiger partial charge < -0.3 is 15.0 Å². The number of nitrogens with one attached hydrogen (secondary N) is 2. The molecule has 164 valence electrons. The molecular weight excluding hydrogens is 396 g/mol. The van der Waals surface area contributed by atoms with Gasteiger partial charge in [-0.2, -0.15) is 0 Å². The van der Waals surface area contributed by atoms with Crippen LogP contribution in [-0.2, 0) is 11.2 Å². The number of methoxy groups -OCH3 is 1. The van der Waals surface area contributed by atoms with Crippen molar-refractivity contribution in [2.24, 2.45) is 0 Å². The van der Waals surface area contributed by atoms with Gasteiger partial charge in [-0.25, -0.2) is 0 Å². The first-order valence-corrected chi connectivity index (χ1v) is 11.2. The largest absolute Gasteiger partial charge is 0.497 e. The van der Waals surface area contributed by atoms with Gasteiger partial charge in [0.2, 0.25) is 5.91 Å². The van der Waals surface area contributed by atoms with Gasteiger partial charge in [0.25, 0.3) is 0 Å². The van der Waals surface area contributed by atoms with E-state index in [1.807, 2.05) is 55.5 Å². The number of rotatable bonds is 8. The number of benzene rings is 3. The average Bonchev–Trinajstić information content (AvgIpc) is 3.27. The van der Waals surface area contributed by atoms with Gasteiger partial charge in [-0.15, -0.1) is 0 Å². The number of carbonyl (C=O) groups is 1. The first kappa shape index (κ1) is 21.7. The molecule has 4 heteroatoms. The number of H-pyrrole nitrogens is 1. The summed E-state index contributed by atoms with van der Waals surface area (Å²) in [7, 11) is 1.67. The highest BCUT2D eigenvalue weighted by Crippen LogP contribution is 2.36. The summed E-state index contributed by atoms with van der Waals surface area (Å²) in [5, 5.41) is 4.34. The minimum absolute atomic E-state index is 0.0233. The molecule has 0 aliphatic rings. The van der Waals surface area contributed by atoms with Crippen molar-refractivity contribution < 1.29 is 9.53 Å².